The van der Waals surface area contributed by atoms with Crippen LogP contribution in [0.3, 0.4) is 0 Å². The Kier molecular flexibility index (Phi) is 4.68. The van der Waals surface area contributed by atoms with Gasteiger partial charge in [0.2, 0.25) is 4.86 Å². The molecular weight excluding hydrogens is 220 g/mol. The topological polar surface area (TPSA) is 0 Å². The summed E-state index contributed by atoms with van der Waals surface area (Å²) in [4.78, 5) is 1.60. The second-order valence-electron chi connectivity index (χ2n) is 3.71. The van der Waals surface area contributed by atoms with Crippen LogP contribution in [0.25, 0.3) is 0 Å². The summed E-state index contributed by atoms with van der Waals surface area (Å²) in [5.41, 5.74) is 1.44. The van der Waals surface area contributed by atoms with Gasteiger partial charge in [0.05, 0.1) is 0 Å². The van der Waals surface area contributed by atoms with E-state index in [1.165, 1.54) is 42.1 Å². The molecule has 1 heterocycles. The maximum Gasteiger partial charge on any atom is 0.208 e. The average molecular weight is 237 g/mol. The van der Waals surface area contributed by atoms with Gasteiger partial charge in [0.1, 0.15) is 0 Å². The molecule has 2 rings (SSSR count). The first-order chi connectivity index (χ1) is 7.47. The van der Waals surface area contributed by atoms with Gasteiger partial charge in [-0.05, 0) is 30.1 Å². The number of thioether (sulfide) groups is 1. The quantitative estimate of drug-likeness (QED) is 0.534. The Labute approximate surface area is 100 Å². The molecule has 0 atom stereocenters. The summed E-state index contributed by atoms with van der Waals surface area (Å²) in [5.74, 6) is 3.96. The molecule has 0 amide bonds. The standard InChI is InChI=1S/C13H17S2/c1-2-6-12(7-3-1)13-8-4-9-14-10-5-11-15-13/h1-3,6-7H,4-5,8-11H2/q+1. The van der Waals surface area contributed by atoms with Crippen LogP contribution in [0.2, 0.25) is 0 Å². The Morgan fingerprint density at radius 3 is 2.67 bits per heavy atom. The number of hydrogen-bond acceptors (Lipinski definition) is 1. The van der Waals surface area contributed by atoms with Crippen molar-refractivity contribution in [1.29, 1.82) is 0 Å². The van der Waals surface area contributed by atoms with Gasteiger partial charge in [0.15, 0.2) is 17.1 Å². The Hall–Kier alpha value is -0.340. The third-order valence-electron chi connectivity index (χ3n) is 2.50. The zero-order valence-corrected chi connectivity index (χ0v) is 10.6. The van der Waals surface area contributed by atoms with Crippen LogP contribution in [0.4, 0.5) is 0 Å². The molecule has 0 nitrogen and oxygen atoms in total. The third kappa shape index (κ3) is 3.62. The van der Waals surface area contributed by atoms with Crippen molar-refractivity contribution in [3.63, 3.8) is 0 Å². The van der Waals surface area contributed by atoms with Crippen molar-refractivity contribution in [1.82, 2.24) is 0 Å². The van der Waals surface area contributed by atoms with Crippen LogP contribution in [-0.2, 0) is 11.4 Å². The molecule has 0 bridgehead atoms. The second-order valence-corrected chi connectivity index (χ2v) is 6.12. The minimum absolute atomic E-state index is 1.27. The summed E-state index contributed by atoms with van der Waals surface area (Å²) in [7, 11) is 0. The smallest absolute Gasteiger partial charge is 0.162 e. The summed E-state index contributed by atoms with van der Waals surface area (Å²) < 4.78 is 0. The Bertz CT molecular complexity index is 317. The molecule has 1 aromatic carbocycles. The van der Waals surface area contributed by atoms with E-state index in [1.807, 2.05) is 0 Å². The molecule has 2 heteroatoms. The van der Waals surface area contributed by atoms with Crippen LogP contribution in [0, 0.1) is 0 Å². The molecule has 0 spiro atoms. The molecule has 0 radical (unpaired) electrons. The minimum atomic E-state index is 1.27. The van der Waals surface area contributed by atoms with E-state index < -0.39 is 0 Å². The lowest BCUT2D eigenvalue weighted by Crippen LogP contribution is -2.03. The van der Waals surface area contributed by atoms with Crippen LogP contribution >= 0.6 is 11.8 Å². The fourth-order valence-electron chi connectivity index (χ4n) is 1.72. The highest BCUT2D eigenvalue weighted by atomic mass is 32.2. The Balaban J connectivity index is 2.11. The van der Waals surface area contributed by atoms with Gasteiger partial charge in [-0.15, -0.1) is 0 Å². The van der Waals surface area contributed by atoms with Gasteiger partial charge in [0.25, 0.3) is 0 Å². The van der Waals surface area contributed by atoms with E-state index in [4.69, 9.17) is 0 Å². The highest BCUT2D eigenvalue weighted by molar-refractivity contribution is 7.99. The van der Waals surface area contributed by atoms with Crippen LogP contribution in [0.15, 0.2) is 30.3 Å². The molecule has 0 saturated heterocycles. The zero-order chi connectivity index (χ0) is 10.3. The van der Waals surface area contributed by atoms with Crippen molar-refractivity contribution in [2.45, 2.75) is 19.3 Å². The van der Waals surface area contributed by atoms with Gasteiger partial charge in [-0.1, -0.05) is 18.2 Å². The van der Waals surface area contributed by atoms with Crippen molar-refractivity contribution >= 4 is 28.0 Å². The molecule has 0 saturated carbocycles. The molecule has 0 fully saturated rings. The minimum Gasteiger partial charge on any atom is -0.162 e. The van der Waals surface area contributed by atoms with Gasteiger partial charge < -0.3 is 0 Å². The second kappa shape index (κ2) is 6.29. The van der Waals surface area contributed by atoms with Gasteiger partial charge in [-0.2, -0.15) is 11.8 Å². The average Bonchev–Trinajstić information content (AvgIpc) is 2.43. The fraction of sp³-hybridized carbons (Fsp3) is 0.462. The first-order valence-electron chi connectivity index (χ1n) is 5.58. The highest BCUT2D eigenvalue weighted by Crippen LogP contribution is 2.13. The summed E-state index contributed by atoms with van der Waals surface area (Å²) in [5, 5.41) is 0. The fourth-order valence-corrected chi connectivity index (χ4v) is 3.93. The molecule has 80 valence electrons. The first kappa shape index (κ1) is 11.2. The van der Waals surface area contributed by atoms with E-state index in [-0.39, 0.29) is 0 Å². The summed E-state index contributed by atoms with van der Waals surface area (Å²) >= 11 is 4.18. The maximum absolute atomic E-state index is 2.24. The summed E-state index contributed by atoms with van der Waals surface area (Å²) in [6, 6.07) is 10.9. The van der Waals surface area contributed by atoms with Crippen molar-refractivity contribution in [3.05, 3.63) is 35.9 Å². The van der Waals surface area contributed by atoms with E-state index in [0.717, 1.165) is 0 Å². The summed E-state index contributed by atoms with van der Waals surface area (Å²) in [6.45, 7) is 0. The third-order valence-corrected chi connectivity index (χ3v) is 4.93. The molecule has 0 aliphatic carbocycles. The normalized spacial score (nSPS) is 18.5. The molecule has 1 aromatic rings. The van der Waals surface area contributed by atoms with Crippen LogP contribution < -0.4 is 0 Å². The lowest BCUT2D eigenvalue weighted by Gasteiger charge is -1.97. The maximum atomic E-state index is 2.24. The Morgan fingerprint density at radius 2 is 1.80 bits per heavy atom. The highest BCUT2D eigenvalue weighted by Gasteiger charge is 2.14. The first-order valence-corrected chi connectivity index (χ1v) is 7.72. The largest absolute Gasteiger partial charge is 0.208 e. The molecule has 0 unspecified atom stereocenters. The lowest BCUT2D eigenvalue weighted by molar-refractivity contribution is 1.02. The van der Waals surface area contributed by atoms with Crippen molar-refractivity contribution < 1.29 is 0 Å². The number of rotatable bonds is 1. The van der Waals surface area contributed by atoms with Crippen LogP contribution in [0.1, 0.15) is 24.8 Å². The van der Waals surface area contributed by atoms with Crippen LogP contribution in [0.5, 0.6) is 0 Å². The van der Waals surface area contributed by atoms with E-state index >= 15 is 0 Å². The lowest BCUT2D eigenvalue weighted by atomic mass is 10.1. The van der Waals surface area contributed by atoms with Gasteiger partial charge >= 0.3 is 0 Å². The zero-order valence-electron chi connectivity index (χ0n) is 8.95. The number of hydrogen-bond donors (Lipinski definition) is 0. The monoisotopic (exact) mass is 237 g/mol. The molecule has 0 aromatic heterocycles. The number of benzene rings is 1. The summed E-state index contributed by atoms with van der Waals surface area (Å²) in [6.07, 6.45) is 3.95. The molecule has 0 N–H and O–H groups in total. The molecule has 1 aliphatic rings. The van der Waals surface area contributed by atoms with Crippen molar-refractivity contribution in [3.8, 4) is 0 Å². The van der Waals surface area contributed by atoms with Gasteiger partial charge in [-0.25, -0.2) is 0 Å². The van der Waals surface area contributed by atoms with Gasteiger partial charge in [0, 0.05) is 18.4 Å². The SMILES string of the molecule is c1ccc(C2=[S+]CCCSCCC2)cc1. The Morgan fingerprint density at radius 1 is 1.00 bits per heavy atom. The van der Waals surface area contributed by atoms with E-state index in [0.29, 0.717) is 0 Å². The predicted octanol–water partition coefficient (Wildman–Crippen LogP) is 3.21. The van der Waals surface area contributed by atoms with Crippen LogP contribution in [-0.4, -0.2) is 22.1 Å². The van der Waals surface area contributed by atoms with Gasteiger partial charge in [-0.3, -0.25) is 0 Å². The predicted molar refractivity (Wildman–Crippen MR) is 74.0 cm³/mol. The van der Waals surface area contributed by atoms with Crippen molar-refractivity contribution in [2.75, 3.05) is 17.3 Å². The molecule has 1 aliphatic heterocycles. The molecule has 15 heavy (non-hydrogen) atoms. The van der Waals surface area contributed by atoms with E-state index in [9.17, 15) is 0 Å². The van der Waals surface area contributed by atoms with E-state index in [2.05, 4.69) is 53.4 Å². The molecular formula is C13H17S2+. The van der Waals surface area contributed by atoms with Crippen molar-refractivity contribution in [2.24, 2.45) is 0 Å². The van der Waals surface area contributed by atoms with E-state index in [1.54, 1.807) is 4.86 Å².